The molecule has 1 atom stereocenters. The Labute approximate surface area is 83.9 Å². The SMILES string of the molecule is CSCC(C)NCc1cnn(C)c1. The summed E-state index contributed by atoms with van der Waals surface area (Å²) >= 11 is 1.87. The van der Waals surface area contributed by atoms with Crippen LogP contribution < -0.4 is 5.32 Å². The normalized spacial score (nSPS) is 13.2. The van der Waals surface area contributed by atoms with Crippen molar-refractivity contribution in [3.8, 4) is 0 Å². The number of nitrogens with one attached hydrogen (secondary N) is 1. The second-order valence-electron chi connectivity index (χ2n) is 3.26. The number of aromatic nitrogens is 2. The van der Waals surface area contributed by atoms with E-state index >= 15 is 0 Å². The van der Waals surface area contributed by atoms with Crippen LogP contribution in [0.4, 0.5) is 0 Å². The predicted molar refractivity (Wildman–Crippen MR) is 57.9 cm³/mol. The van der Waals surface area contributed by atoms with E-state index in [2.05, 4.69) is 23.6 Å². The highest BCUT2D eigenvalue weighted by molar-refractivity contribution is 7.98. The third kappa shape index (κ3) is 3.83. The molecular formula is C9H17N3S. The van der Waals surface area contributed by atoms with Crippen molar-refractivity contribution in [1.29, 1.82) is 0 Å². The standard InChI is InChI=1S/C9H17N3S/c1-8(7-13-3)10-4-9-5-11-12(2)6-9/h5-6,8,10H,4,7H2,1-3H3. The van der Waals surface area contributed by atoms with Gasteiger partial charge in [-0.15, -0.1) is 0 Å². The summed E-state index contributed by atoms with van der Waals surface area (Å²) in [6.45, 7) is 3.11. The van der Waals surface area contributed by atoms with Gasteiger partial charge >= 0.3 is 0 Å². The summed E-state index contributed by atoms with van der Waals surface area (Å²) in [5.74, 6) is 1.15. The molecule has 1 heterocycles. The van der Waals surface area contributed by atoms with E-state index in [9.17, 15) is 0 Å². The first-order valence-corrected chi connectivity index (χ1v) is 5.81. The number of aryl methyl sites for hydroxylation is 1. The van der Waals surface area contributed by atoms with E-state index in [0.717, 1.165) is 12.3 Å². The van der Waals surface area contributed by atoms with Crippen molar-refractivity contribution in [2.45, 2.75) is 19.5 Å². The lowest BCUT2D eigenvalue weighted by Gasteiger charge is -2.10. The second-order valence-corrected chi connectivity index (χ2v) is 4.17. The Kier molecular flexibility index (Phi) is 4.32. The molecule has 74 valence electrons. The number of rotatable bonds is 5. The van der Waals surface area contributed by atoms with Crippen LogP contribution in [-0.2, 0) is 13.6 Å². The van der Waals surface area contributed by atoms with Gasteiger partial charge in [-0.3, -0.25) is 4.68 Å². The summed E-state index contributed by atoms with van der Waals surface area (Å²) in [6.07, 6.45) is 6.07. The van der Waals surface area contributed by atoms with Gasteiger partial charge in [-0.05, 0) is 13.2 Å². The summed E-state index contributed by atoms with van der Waals surface area (Å²) < 4.78 is 1.83. The highest BCUT2D eigenvalue weighted by Crippen LogP contribution is 1.99. The van der Waals surface area contributed by atoms with Gasteiger partial charge in [0.05, 0.1) is 6.20 Å². The Hall–Kier alpha value is -0.480. The molecule has 0 fully saturated rings. The van der Waals surface area contributed by atoms with Crippen molar-refractivity contribution in [3.63, 3.8) is 0 Å². The van der Waals surface area contributed by atoms with Crippen LogP contribution in [0.2, 0.25) is 0 Å². The predicted octanol–water partition coefficient (Wildman–Crippen LogP) is 1.26. The lowest BCUT2D eigenvalue weighted by Crippen LogP contribution is -2.27. The molecule has 1 rings (SSSR count). The number of nitrogens with zero attached hydrogens (tertiary/aromatic N) is 2. The molecule has 4 heteroatoms. The third-order valence-electron chi connectivity index (χ3n) is 1.83. The summed E-state index contributed by atoms with van der Waals surface area (Å²) in [5, 5.41) is 7.55. The molecule has 0 bridgehead atoms. The average Bonchev–Trinajstić information content (AvgIpc) is 2.49. The first-order valence-electron chi connectivity index (χ1n) is 4.42. The molecule has 0 aliphatic carbocycles. The van der Waals surface area contributed by atoms with Crippen LogP contribution in [0.15, 0.2) is 12.4 Å². The largest absolute Gasteiger partial charge is 0.309 e. The van der Waals surface area contributed by atoms with Crippen LogP contribution in [0.5, 0.6) is 0 Å². The number of hydrogen-bond acceptors (Lipinski definition) is 3. The number of hydrogen-bond donors (Lipinski definition) is 1. The van der Waals surface area contributed by atoms with Crippen LogP contribution in [0.3, 0.4) is 0 Å². The molecule has 1 aromatic heterocycles. The number of thioether (sulfide) groups is 1. The smallest absolute Gasteiger partial charge is 0.0534 e. The van der Waals surface area contributed by atoms with Crippen molar-refractivity contribution in [1.82, 2.24) is 15.1 Å². The minimum absolute atomic E-state index is 0.565. The van der Waals surface area contributed by atoms with E-state index in [4.69, 9.17) is 0 Å². The maximum atomic E-state index is 4.11. The van der Waals surface area contributed by atoms with Gasteiger partial charge in [0.2, 0.25) is 0 Å². The second kappa shape index (κ2) is 5.29. The van der Waals surface area contributed by atoms with E-state index in [1.165, 1.54) is 5.56 Å². The minimum Gasteiger partial charge on any atom is -0.309 e. The highest BCUT2D eigenvalue weighted by atomic mass is 32.2. The van der Waals surface area contributed by atoms with Crippen LogP contribution in [0.25, 0.3) is 0 Å². The van der Waals surface area contributed by atoms with Crippen LogP contribution >= 0.6 is 11.8 Å². The molecule has 1 unspecified atom stereocenters. The minimum atomic E-state index is 0.565. The third-order valence-corrected chi connectivity index (χ3v) is 2.66. The summed E-state index contributed by atoms with van der Waals surface area (Å²) in [7, 11) is 1.94. The maximum Gasteiger partial charge on any atom is 0.0534 e. The zero-order chi connectivity index (χ0) is 9.68. The molecular weight excluding hydrogens is 182 g/mol. The molecule has 0 spiro atoms. The maximum absolute atomic E-state index is 4.11. The van der Waals surface area contributed by atoms with Gasteiger partial charge in [0, 0.05) is 37.1 Å². The van der Waals surface area contributed by atoms with Gasteiger partial charge in [-0.1, -0.05) is 0 Å². The van der Waals surface area contributed by atoms with Crippen molar-refractivity contribution >= 4 is 11.8 Å². The Morgan fingerprint density at radius 2 is 2.46 bits per heavy atom. The van der Waals surface area contributed by atoms with Crippen molar-refractivity contribution in [2.24, 2.45) is 7.05 Å². The molecule has 0 radical (unpaired) electrons. The Bertz CT molecular complexity index is 247. The molecule has 0 aliphatic heterocycles. The first-order chi connectivity index (χ1) is 6.22. The zero-order valence-electron chi connectivity index (χ0n) is 8.45. The quantitative estimate of drug-likeness (QED) is 0.774. The van der Waals surface area contributed by atoms with E-state index < -0.39 is 0 Å². The molecule has 0 amide bonds. The van der Waals surface area contributed by atoms with E-state index in [0.29, 0.717) is 6.04 Å². The molecule has 0 saturated heterocycles. The van der Waals surface area contributed by atoms with E-state index in [-0.39, 0.29) is 0 Å². The van der Waals surface area contributed by atoms with Gasteiger partial charge in [0.25, 0.3) is 0 Å². The Morgan fingerprint density at radius 3 is 3.00 bits per heavy atom. The molecule has 1 aromatic rings. The summed E-state index contributed by atoms with van der Waals surface area (Å²) in [5.41, 5.74) is 1.25. The topological polar surface area (TPSA) is 29.9 Å². The lowest BCUT2D eigenvalue weighted by atomic mass is 10.3. The summed E-state index contributed by atoms with van der Waals surface area (Å²) in [4.78, 5) is 0. The molecule has 0 saturated carbocycles. The molecule has 1 N–H and O–H groups in total. The fourth-order valence-electron chi connectivity index (χ4n) is 1.16. The highest BCUT2D eigenvalue weighted by Gasteiger charge is 2.00. The van der Waals surface area contributed by atoms with Crippen LogP contribution in [-0.4, -0.2) is 27.8 Å². The van der Waals surface area contributed by atoms with E-state index in [1.54, 1.807) is 0 Å². The molecule has 0 aromatic carbocycles. The Morgan fingerprint density at radius 1 is 1.69 bits per heavy atom. The van der Waals surface area contributed by atoms with Gasteiger partial charge in [0.1, 0.15) is 0 Å². The van der Waals surface area contributed by atoms with Gasteiger partial charge in [-0.25, -0.2) is 0 Å². The monoisotopic (exact) mass is 199 g/mol. The fraction of sp³-hybridized carbons (Fsp3) is 0.667. The van der Waals surface area contributed by atoms with Crippen molar-refractivity contribution < 1.29 is 0 Å². The fourth-order valence-corrected chi connectivity index (χ4v) is 1.78. The molecule has 13 heavy (non-hydrogen) atoms. The van der Waals surface area contributed by atoms with Crippen LogP contribution in [0.1, 0.15) is 12.5 Å². The van der Waals surface area contributed by atoms with Crippen molar-refractivity contribution in [3.05, 3.63) is 18.0 Å². The van der Waals surface area contributed by atoms with E-state index in [1.807, 2.05) is 35.9 Å². The lowest BCUT2D eigenvalue weighted by molar-refractivity contribution is 0.596. The first kappa shape index (κ1) is 10.6. The zero-order valence-corrected chi connectivity index (χ0v) is 9.27. The summed E-state index contributed by atoms with van der Waals surface area (Å²) in [6, 6.07) is 0.565. The molecule has 0 aliphatic rings. The van der Waals surface area contributed by atoms with Crippen LogP contribution in [0, 0.1) is 0 Å². The molecule has 3 nitrogen and oxygen atoms in total. The van der Waals surface area contributed by atoms with Gasteiger partial charge in [0.15, 0.2) is 0 Å². The van der Waals surface area contributed by atoms with Gasteiger partial charge < -0.3 is 5.32 Å². The van der Waals surface area contributed by atoms with Gasteiger partial charge in [-0.2, -0.15) is 16.9 Å². The van der Waals surface area contributed by atoms with Crippen molar-refractivity contribution in [2.75, 3.05) is 12.0 Å². The average molecular weight is 199 g/mol. The Balaban J connectivity index is 2.26.